The summed E-state index contributed by atoms with van der Waals surface area (Å²) in [6.45, 7) is 10.8. The highest BCUT2D eigenvalue weighted by Crippen LogP contribution is 2.30. The van der Waals surface area contributed by atoms with E-state index in [1.807, 2.05) is 38.3 Å². The van der Waals surface area contributed by atoms with Crippen LogP contribution >= 0.6 is 11.3 Å². The van der Waals surface area contributed by atoms with Gasteiger partial charge in [-0.2, -0.15) is 0 Å². The van der Waals surface area contributed by atoms with E-state index in [0.717, 1.165) is 65.4 Å². The second-order valence-electron chi connectivity index (χ2n) is 6.67. The minimum atomic E-state index is 0.224. The predicted octanol–water partition coefficient (Wildman–Crippen LogP) is 3.75. The van der Waals surface area contributed by atoms with E-state index in [4.69, 9.17) is 5.11 Å². The molecule has 1 saturated heterocycles. The molecule has 2 N–H and O–H groups in total. The van der Waals surface area contributed by atoms with E-state index in [-0.39, 0.29) is 6.61 Å². The highest BCUT2D eigenvalue weighted by atomic mass is 32.1. The Labute approximate surface area is 164 Å². The van der Waals surface area contributed by atoms with E-state index < -0.39 is 0 Å². The number of aryl methyl sites for hydroxylation is 1. The van der Waals surface area contributed by atoms with Gasteiger partial charge in [0.15, 0.2) is 5.13 Å². The van der Waals surface area contributed by atoms with Crippen molar-refractivity contribution >= 4 is 27.9 Å². The molecule has 144 valence electrons. The maximum atomic E-state index is 9.10. The highest BCUT2D eigenvalue weighted by molar-refractivity contribution is 7.16. The van der Waals surface area contributed by atoms with E-state index in [1.54, 1.807) is 11.3 Å². The zero-order valence-corrected chi connectivity index (χ0v) is 16.8. The molecule has 1 aliphatic rings. The first kappa shape index (κ1) is 19.7. The average molecular weight is 386 g/mol. The first-order valence-corrected chi connectivity index (χ1v) is 10.2. The Kier molecular flexibility index (Phi) is 6.71. The van der Waals surface area contributed by atoms with Crippen LogP contribution in [-0.4, -0.2) is 51.2 Å². The summed E-state index contributed by atoms with van der Waals surface area (Å²) in [5.41, 5.74) is 2.17. The minimum Gasteiger partial charge on any atom is -0.395 e. The van der Waals surface area contributed by atoms with Gasteiger partial charge < -0.3 is 15.3 Å². The van der Waals surface area contributed by atoms with Crippen LogP contribution in [0.15, 0.2) is 31.0 Å². The Morgan fingerprint density at radius 3 is 2.85 bits per heavy atom. The third-order valence-corrected chi connectivity index (χ3v) is 5.80. The molecule has 0 atom stereocenters. The lowest BCUT2D eigenvalue weighted by atomic mass is 9.93. The lowest BCUT2D eigenvalue weighted by Gasteiger charge is -2.31. The van der Waals surface area contributed by atoms with Crippen LogP contribution in [0.5, 0.6) is 0 Å². The van der Waals surface area contributed by atoms with Crippen molar-refractivity contribution in [3.05, 3.63) is 47.4 Å². The van der Waals surface area contributed by atoms with E-state index >= 15 is 0 Å². The van der Waals surface area contributed by atoms with Crippen LogP contribution in [0, 0.1) is 6.92 Å². The molecule has 0 bridgehead atoms. The molecule has 0 amide bonds. The summed E-state index contributed by atoms with van der Waals surface area (Å²) in [7, 11) is 0. The van der Waals surface area contributed by atoms with Crippen molar-refractivity contribution in [2.75, 3.05) is 31.6 Å². The summed E-state index contributed by atoms with van der Waals surface area (Å²) < 4.78 is 0. The number of β-amino-alcohol motifs (C(OH)–C–C–N with tert-alkyl or cyclic N) is 1. The average Bonchev–Trinajstić information content (AvgIpc) is 3.11. The van der Waals surface area contributed by atoms with Crippen molar-refractivity contribution in [2.45, 2.75) is 32.6 Å². The quantitative estimate of drug-likeness (QED) is 0.707. The van der Waals surface area contributed by atoms with E-state index in [9.17, 15) is 0 Å². The maximum Gasteiger partial charge on any atom is 0.188 e. The predicted molar refractivity (Wildman–Crippen MR) is 112 cm³/mol. The zero-order valence-electron chi connectivity index (χ0n) is 16.0. The van der Waals surface area contributed by atoms with E-state index in [2.05, 4.69) is 31.7 Å². The lowest BCUT2D eigenvalue weighted by molar-refractivity contribution is 0.163. The number of aliphatic hydroxyl groups is 1. The monoisotopic (exact) mass is 385 g/mol. The molecule has 0 saturated carbocycles. The third-order valence-electron chi connectivity index (χ3n) is 4.84. The molecule has 3 heterocycles. The summed E-state index contributed by atoms with van der Waals surface area (Å²) in [5.74, 6) is 1.99. The van der Waals surface area contributed by atoms with Crippen LogP contribution in [-0.2, 0) is 0 Å². The van der Waals surface area contributed by atoms with Gasteiger partial charge in [-0.25, -0.2) is 15.0 Å². The maximum absolute atomic E-state index is 9.10. The topological polar surface area (TPSA) is 74.2 Å². The molecule has 0 aromatic carbocycles. The number of nitrogens with one attached hydrogen (secondary N) is 1. The standard InChI is InChI=1S/C20H27N5OS/c1-4-15(5-2)18-13-21-20(27-18)24-19-12-17(22-14(3)23-19)16-6-8-25(9-7-16)10-11-26/h4-5,12-13,16,26H,1,6-11H2,2-3H3,(H,21,22,23,24). The van der Waals surface area contributed by atoms with Crippen LogP contribution in [0.4, 0.5) is 10.9 Å². The van der Waals surface area contributed by atoms with Crippen LogP contribution in [0.3, 0.4) is 0 Å². The number of aliphatic hydroxyl groups excluding tert-OH is 1. The molecule has 2 aromatic heterocycles. The number of nitrogens with zero attached hydrogens (tertiary/aromatic N) is 4. The molecule has 1 fully saturated rings. The van der Waals surface area contributed by atoms with Crippen molar-refractivity contribution in [1.82, 2.24) is 19.9 Å². The Morgan fingerprint density at radius 1 is 1.41 bits per heavy atom. The van der Waals surface area contributed by atoms with Gasteiger partial charge in [-0.05, 0) is 45.4 Å². The molecule has 7 heteroatoms. The molecular formula is C20H27N5OS. The number of anilines is 2. The molecule has 1 aliphatic heterocycles. The number of likely N-dealkylation sites (tertiary alicyclic amines) is 1. The number of hydrogen-bond acceptors (Lipinski definition) is 7. The summed E-state index contributed by atoms with van der Waals surface area (Å²) in [6, 6.07) is 2.05. The Bertz CT molecular complexity index is 808. The lowest BCUT2D eigenvalue weighted by Crippen LogP contribution is -2.35. The summed E-state index contributed by atoms with van der Waals surface area (Å²) >= 11 is 1.59. The second kappa shape index (κ2) is 9.21. The van der Waals surface area contributed by atoms with Gasteiger partial charge in [0.05, 0.1) is 11.5 Å². The van der Waals surface area contributed by atoms with Crippen molar-refractivity contribution in [3.8, 4) is 0 Å². The Balaban J connectivity index is 1.72. The largest absolute Gasteiger partial charge is 0.395 e. The molecule has 2 aromatic rings. The Morgan fingerprint density at radius 2 is 2.19 bits per heavy atom. The molecule has 0 aliphatic carbocycles. The summed E-state index contributed by atoms with van der Waals surface area (Å²) in [6.07, 6.45) is 7.84. The number of rotatable bonds is 7. The number of piperidine rings is 1. The van der Waals surface area contributed by atoms with E-state index in [1.165, 1.54) is 0 Å². The van der Waals surface area contributed by atoms with Crippen LogP contribution < -0.4 is 5.32 Å². The summed E-state index contributed by atoms with van der Waals surface area (Å²) in [4.78, 5) is 17.0. The molecule has 0 unspecified atom stereocenters. The van der Waals surface area contributed by atoms with Crippen LogP contribution in [0.1, 0.15) is 42.1 Å². The number of allylic oxidation sites excluding steroid dienone is 3. The van der Waals surface area contributed by atoms with Crippen LogP contribution in [0.25, 0.3) is 5.57 Å². The fourth-order valence-electron chi connectivity index (χ4n) is 3.39. The van der Waals surface area contributed by atoms with Gasteiger partial charge in [-0.3, -0.25) is 0 Å². The normalized spacial score (nSPS) is 16.5. The zero-order chi connectivity index (χ0) is 19.2. The molecule has 3 rings (SSSR count). The molecule has 27 heavy (non-hydrogen) atoms. The van der Waals surface area contributed by atoms with E-state index in [0.29, 0.717) is 5.92 Å². The third kappa shape index (κ3) is 5.00. The minimum absolute atomic E-state index is 0.224. The van der Waals surface area contributed by atoms with Gasteiger partial charge in [0, 0.05) is 30.4 Å². The van der Waals surface area contributed by atoms with Gasteiger partial charge >= 0.3 is 0 Å². The van der Waals surface area contributed by atoms with Gasteiger partial charge in [-0.1, -0.05) is 30.1 Å². The number of hydrogen-bond donors (Lipinski definition) is 2. The number of aromatic nitrogens is 3. The fourth-order valence-corrected chi connectivity index (χ4v) is 4.29. The molecule has 0 radical (unpaired) electrons. The van der Waals surface area contributed by atoms with Crippen LogP contribution in [0.2, 0.25) is 0 Å². The van der Waals surface area contributed by atoms with Gasteiger partial charge in [0.25, 0.3) is 0 Å². The van der Waals surface area contributed by atoms with Gasteiger partial charge in [0.2, 0.25) is 0 Å². The smallest absolute Gasteiger partial charge is 0.188 e. The van der Waals surface area contributed by atoms with Crippen molar-refractivity contribution < 1.29 is 5.11 Å². The summed E-state index contributed by atoms with van der Waals surface area (Å²) in [5, 5.41) is 13.2. The van der Waals surface area contributed by atoms with Gasteiger partial charge in [0.1, 0.15) is 11.6 Å². The van der Waals surface area contributed by atoms with Crippen molar-refractivity contribution in [1.29, 1.82) is 0 Å². The Hall–Kier alpha value is -2.09. The molecule has 6 nitrogen and oxygen atoms in total. The number of thiazole rings is 1. The first-order chi connectivity index (χ1) is 13.1. The van der Waals surface area contributed by atoms with Gasteiger partial charge in [-0.15, -0.1) is 0 Å². The molecular weight excluding hydrogens is 358 g/mol. The SMILES string of the molecule is C=CC(=CC)c1cnc(Nc2cc(C3CCN(CCO)CC3)nc(C)n2)s1. The first-order valence-electron chi connectivity index (χ1n) is 9.33. The fraction of sp³-hybridized carbons (Fsp3) is 0.450. The highest BCUT2D eigenvalue weighted by Gasteiger charge is 2.22. The second-order valence-corrected chi connectivity index (χ2v) is 7.70. The van der Waals surface area contributed by atoms with Crippen molar-refractivity contribution in [2.24, 2.45) is 0 Å². The molecule has 0 spiro atoms. The van der Waals surface area contributed by atoms with Crippen molar-refractivity contribution in [3.63, 3.8) is 0 Å².